The van der Waals surface area contributed by atoms with Crippen LogP contribution in [0.15, 0.2) is 6.08 Å². The van der Waals surface area contributed by atoms with Crippen LogP contribution < -0.4 is 18.9 Å². The van der Waals surface area contributed by atoms with Gasteiger partial charge < -0.3 is 15.4 Å². The maximum absolute atomic E-state index is 6.62. The van der Waals surface area contributed by atoms with Crippen molar-refractivity contribution < 1.29 is 28.0 Å². The second kappa shape index (κ2) is 8.68. The van der Waals surface area contributed by atoms with Crippen molar-refractivity contribution in [3.05, 3.63) is 12.3 Å². The first-order valence-electron chi connectivity index (χ1n) is 7.74. The molecule has 1 aliphatic rings. The molecule has 2 atom stereocenters. The van der Waals surface area contributed by atoms with Crippen molar-refractivity contribution in [3.63, 3.8) is 0 Å². The SMILES string of the molecule is CC[C@H]1O[C-]=C[C@@H]1CO[Si](C(C)C)(C(C)C)C(C)C.[Li+]. The van der Waals surface area contributed by atoms with Crippen molar-refractivity contribution in [2.75, 3.05) is 6.61 Å². The Morgan fingerprint density at radius 1 is 1.10 bits per heavy atom. The van der Waals surface area contributed by atoms with Gasteiger partial charge in [-0.2, -0.15) is 0 Å². The smallest absolute Gasteiger partial charge is 0.691 e. The van der Waals surface area contributed by atoms with E-state index in [9.17, 15) is 0 Å². The van der Waals surface area contributed by atoms with Gasteiger partial charge in [-0.1, -0.05) is 48.5 Å². The van der Waals surface area contributed by atoms with Gasteiger partial charge in [0.15, 0.2) is 8.32 Å². The Kier molecular flexibility index (Phi) is 8.82. The van der Waals surface area contributed by atoms with Gasteiger partial charge in [-0.3, -0.25) is 0 Å². The minimum Gasteiger partial charge on any atom is -0.691 e. The van der Waals surface area contributed by atoms with Gasteiger partial charge in [0.25, 0.3) is 0 Å². The predicted octanol–water partition coefficient (Wildman–Crippen LogP) is 1.92. The van der Waals surface area contributed by atoms with Crippen LogP contribution >= 0.6 is 0 Å². The van der Waals surface area contributed by atoms with Crippen molar-refractivity contribution in [2.24, 2.45) is 5.92 Å². The molecule has 0 fully saturated rings. The Morgan fingerprint density at radius 2 is 1.60 bits per heavy atom. The maximum Gasteiger partial charge on any atom is 1.00 e. The maximum atomic E-state index is 6.62. The van der Waals surface area contributed by atoms with E-state index in [4.69, 9.17) is 9.16 Å². The minimum atomic E-state index is -1.74. The molecule has 0 radical (unpaired) electrons. The molecule has 0 saturated carbocycles. The third kappa shape index (κ3) is 4.16. The molecule has 0 spiro atoms. The molecule has 1 rings (SSSR count). The standard InChI is InChI=1S/C16H31O2Si.Li/c1-8-16-15(9-10-17-16)11-18-19(12(2)3,13(4)5)14(6)7;/h9,12-16H,8,11H2,1-7H3;/q-1;+1/t15-,16-;/m1./s1. The van der Waals surface area contributed by atoms with Gasteiger partial charge >= 0.3 is 18.9 Å². The van der Waals surface area contributed by atoms with Gasteiger partial charge in [-0.15, -0.1) is 0 Å². The molecule has 1 heterocycles. The van der Waals surface area contributed by atoms with Gasteiger partial charge in [-0.05, 0) is 23.0 Å². The first-order chi connectivity index (χ1) is 8.86. The van der Waals surface area contributed by atoms with Crippen LogP contribution in [0.5, 0.6) is 0 Å². The van der Waals surface area contributed by atoms with Crippen molar-refractivity contribution in [2.45, 2.75) is 77.6 Å². The molecule has 112 valence electrons. The predicted molar refractivity (Wildman–Crippen MR) is 83.5 cm³/mol. The normalized spacial score (nSPS) is 22.5. The summed E-state index contributed by atoms with van der Waals surface area (Å²) in [4.78, 5) is 0. The molecule has 1 aliphatic heterocycles. The van der Waals surface area contributed by atoms with Crippen LogP contribution in [-0.2, 0) is 9.16 Å². The van der Waals surface area contributed by atoms with E-state index in [1.807, 2.05) is 6.08 Å². The number of ether oxygens (including phenoxy) is 1. The number of hydrogen-bond acceptors (Lipinski definition) is 2. The second-order valence-electron chi connectivity index (χ2n) is 6.64. The van der Waals surface area contributed by atoms with Gasteiger partial charge in [0.05, 0.1) is 6.10 Å². The van der Waals surface area contributed by atoms with Gasteiger partial charge in [0, 0.05) is 12.5 Å². The Balaban J connectivity index is 0.00000361. The summed E-state index contributed by atoms with van der Waals surface area (Å²) in [6, 6.07) is 0. The van der Waals surface area contributed by atoms with E-state index in [1.54, 1.807) is 0 Å². The first-order valence-corrected chi connectivity index (χ1v) is 9.88. The number of hydrogen-bond donors (Lipinski definition) is 0. The first kappa shape index (κ1) is 20.3. The van der Waals surface area contributed by atoms with Gasteiger partial charge in [0.2, 0.25) is 0 Å². The average Bonchev–Trinajstić information content (AvgIpc) is 2.75. The molecule has 0 aromatic carbocycles. The van der Waals surface area contributed by atoms with Crippen molar-refractivity contribution >= 4 is 8.32 Å². The number of rotatable bonds is 7. The van der Waals surface area contributed by atoms with Crippen molar-refractivity contribution in [1.29, 1.82) is 0 Å². The van der Waals surface area contributed by atoms with E-state index >= 15 is 0 Å². The van der Waals surface area contributed by atoms with Crippen LogP contribution in [0.4, 0.5) is 0 Å². The molecular formula is C16H31LiO2Si. The zero-order valence-electron chi connectivity index (χ0n) is 14.7. The molecule has 0 saturated heterocycles. The van der Waals surface area contributed by atoms with E-state index in [-0.39, 0.29) is 25.0 Å². The van der Waals surface area contributed by atoms with Crippen LogP contribution in [0.25, 0.3) is 0 Å². The Morgan fingerprint density at radius 3 is 2.00 bits per heavy atom. The fourth-order valence-corrected chi connectivity index (χ4v) is 9.17. The summed E-state index contributed by atoms with van der Waals surface area (Å²) in [6.45, 7) is 16.9. The fourth-order valence-electron chi connectivity index (χ4n) is 3.69. The molecule has 0 unspecified atom stereocenters. The zero-order valence-corrected chi connectivity index (χ0v) is 15.7. The monoisotopic (exact) mass is 290 g/mol. The Hall–Kier alpha value is 0.314. The third-order valence-electron chi connectivity index (χ3n) is 4.61. The molecule has 0 aromatic heterocycles. The molecule has 0 bridgehead atoms. The summed E-state index contributed by atoms with van der Waals surface area (Å²) < 4.78 is 12.1. The fraction of sp³-hybridized carbons (Fsp3) is 0.875. The van der Waals surface area contributed by atoms with Gasteiger partial charge in [-0.25, -0.2) is 6.08 Å². The van der Waals surface area contributed by atoms with E-state index in [0.29, 0.717) is 22.5 Å². The van der Waals surface area contributed by atoms with Gasteiger partial charge in [0.1, 0.15) is 0 Å². The summed E-state index contributed by atoms with van der Waals surface area (Å²) in [6.07, 6.45) is 6.24. The summed E-state index contributed by atoms with van der Waals surface area (Å²) >= 11 is 0. The zero-order chi connectivity index (χ0) is 14.6. The largest absolute Gasteiger partial charge is 1.00 e. The van der Waals surface area contributed by atoms with Crippen LogP contribution in [0.3, 0.4) is 0 Å². The van der Waals surface area contributed by atoms with Crippen LogP contribution in [0.2, 0.25) is 16.6 Å². The Bertz CT molecular complexity index is 281. The van der Waals surface area contributed by atoms with Crippen LogP contribution in [-0.4, -0.2) is 21.0 Å². The quantitative estimate of drug-likeness (QED) is 0.527. The minimum absolute atomic E-state index is 0. The molecule has 0 amide bonds. The van der Waals surface area contributed by atoms with E-state index in [0.717, 1.165) is 13.0 Å². The topological polar surface area (TPSA) is 18.5 Å². The molecule has 20 heavy (non-hydrogen) atoms. The van der Waals surface area contributed by atoms with E-state index in [2.05, 4.69) is 54.7 Å². The summed E-state index contributed by atoms with van der Waals surface area (Å²) in [5, 5.41) is 0. The molecule has 4 heteroatoms. The van der Waals surface area contributed by atoms with E-state index in [1.165, 1.54) is 0 Å². The van der Waals surface area contributed by atoms with Crippen molar-refractivity contribution in [3.8, 4) is 0 Å². The summed E-state index contributed by atoms with van der Waals surface area (Å²) in [5.41, 5.74) is 1.92. The molecule has 2 nitrogen and oxygen atoms in total. The molecule has 0 aromatic rings. The molecule has 0 N–H and O–H groups in total. The van der Waals surface area contributed by atoms with E-state index < -0.39 is 8.32 Å². The molecule has 0 aliphatic carbocycles. The third-order valence-corrected chi connectivity index (χ3v) is 10.7. The summed E-state index contributed by atoms with van der Waals surface area (Å²) in [7, 11) is -1.74. The molecular weight excluding hydrogens is 259 g/mol. The average molecular weight is 290 g/mol. The van der Waals surface area contributed by atoms with Crippen molar-refractivity contribution in [1.82, 2.24) is 0 Å². The van der Waals surface area contributed by atoms with Crippen LogP contribution in [0.1, 0.15) is 54.9 Å². The Labute approximate surface area is 139 Å². The second-order valence-corrected chi connectivity index (χ2v) is 12.1. The van der Waals surface area contributed by atoms with Crippen LogP contribution in [0, 0.1) is 12.2 Å². The summed E-state index contributed by atoms with van der Waals surface area (Å²) in [5.74, 6) is 0.383.